The number of amides is 3. The molecule has 0 aliphatic carbocycles. The molecule has 6 heteroatoms. The van der Waals surface area contributed by atoms with Gasteiger partial charge in [-0.1, -0.05) is 38.5 Å². The number of carbonyl (C=O) groups is 3. The predicted octanol–water partition coefficient (Wildman–Crippen LogP) is 2.90. The second-order valence-electron chi connectivity index (χ2n) is 8.46. The summed E-state index contributed by atoms with van der Waals surface area (Å²) in [5, 5.41) is 5.99. The summed E-state index contributed by atoms with van der Waals surface area (Å²) in [7, 11) is 0. The van der Waals surface area contributed by atoms with Crippen molar-refractivity contribution in [3.05, 3.63) is 35.4 Å². The predicted molar refractivity (Wildman–Crippen MR) is 114 cm³/mol. The van der Waals surface area contributed by atoms with E-state index in [-0.39, 0.29) is 35.6 Å². The van der Waals surface area contributed by atoms with Crippen LogP contribution < -0.4 is 10.6 Å². The molecule has 1 aromatic carbocycles. The van der Waals surface area contributed by atoms with E-state index >= 15 is 0 Å². The van der Waals surface area contributed by atoms with Crippen LogP contribution >= 0.6 is 0 Å². The Morgan fingerprint density at radius 2 is 1.76 bits per heavy atom. The minimum absolute atomic E-state index is 0.00373. The van der Waals surface area contributed by atoms with E-state index in [0.29, 0.717) is 31.5 Å². The lowest BCUT2D eigenvalue weighted by Gasteiger charge is -2.36. The molecule has 1 heterocycles. The smallest absolute Gasteiger partial charge is 0.251 e. The van der Waals surface area contributed by atoms with E-state index in [9.17, 15) is 14.4 Å². The van der Waals surface area contributed by atoms with E-state index in [1.807, 2.05) is 57.7 Å². The number of hydrogen-bond donors (Lipinski definition) is 2. The third-order valence-corrected chi connectivity index (χ3v) is 5.67. The summed E-state index contributed by atoms with van der Waals surface area (Å²) in [4.78, 5) is 39.9. The Hall–Kier alpha value is -2.37. The maximum atomic E-state index is 13.0. The minimum Gasteiger partial charge on any atom is -0.352 e. The highest BCUT2D eigenvalue weighted by atomic mass is 16.2. The van der Waals surface area contributed by atoms with Gasteiger partial charge in [0, 0.05) is 30.6 Å². The van der Waals surface area contributed by atoms with Gasteiger partial charge in [-0.05, 0) is 51.2 Å². The summed E-state index contributed by atoms with van der Waals surface area (Å²) in [6.07, 6.45) is 2.22. The molecule has 1 fully saturated rings. The molecule has 1 aliphatic rings. The Bertz CT molecular complexity index is 724. The highest BCUT2D eigenvalue weighted by Crippen LogP contribution is 2.23. The van der Waals surface area contributed by atoms with Crippen molar-refractivity contribution in [3.63, 3.8) is 0 Å². The lowest BCUT2D eigenvalue weighted by molar-refractivity contribution is -0.136. The number of benzene rings is 1. The summed E-state index contributed by atoms with van der Waals surface area (Å²) in [5.41, 5.74) is 1.55. The van der Waals surface area contributed by atoms with Crippen molar-refractivity contribution in [3.8, 4) is 0 Å². The topological polar surface area (TPSA) is 78.5 Å². The van der Waals surface area contributed by atoms with Crippen molar-refractivity contribution < 1.29 is 14.4 Å². The highest BCUT2D eigenvalue weighted by molar-refractivity contribution is 5.97. The van der Waals surface area contributed by atoms with Gasteiger partial charge in [-0.15, -0.1) is 0 Å². The van der Waals surface area contributed by atoms with Gasteiger partial charge in [0.05, 0.1) is 0 Å². The first kappa shape index (κ1) is 22.9. The summed E-state index contributed by atoms with van der Waals surface area (Å²) in [6, 6.07) is 6.80. The first-order valence-electron chi connectivity index (χ1n) is 10.7. The first-order valence-corrected chi connectivity index (χ1v) is 10.7. The number of rotatable bonds is 7. The molecule has 0 unspecified atom stereocenters. The average molecular weight is 402 g/mol. The summed E-state index contributed by atoms with van der Waals surface area (Å²) < 4.78 is 0. The molecule has 1 saturated heterocycles. The minimum atomic E-state index is -0.603. The van der Waals surface area contributed by atoms with Crippen LogP contribution in [0, 0.1) is 18.8 Å². The maximum absolute atomic E-state index is 13.0. The van der Waals surface area contributed by atoms with Gasteiger partial charge in [-0.2, -0.15) is 0 Å². The number of hydrogen-bond acceptors (Lipinski definition) is 3. The van der Waals surface area contributed by atoms with Gasteiger partial charge in [0.15, 0.2) is 0 Å². The van der Waals surface area contributed by atoms with Crippen LogP contribution in [0.25, 0.3) is 0 Å². The molecular weight excluding hydrogens is 366 g/mol. The molecule has 29 heavy (non-hydrogen) atoms. The van der Waals surface area contributed by atoms with Gasteiger partial charge in [-0.25, -0.2) is 0 Å². The number of likely N-dealkylation sites (tertiary alicyclic amines) is 1. The SMILES string of the molecule is CC[C@H](C)NC(=O)[C@H](NC(=O)c1cccc(C)c1)C1CCN(C(=O)C(C)C)CC1. The van der Waals surface area contributed by atoms with Crippen molar-refractivity contribution in [2.24, 2.45) is 11.8 Å². The van der Waals surface area contributed by atoms with Gasteiger partial charge < -0.3 is 15.5 Å². The van der Waals surface area contributed by atoms with Crippen LogP contribution in [0.5, 0.6) is 0 Å². The summed E-state index contributed by atoms with van der Waals surface area (Å²) in [6.45, 7) is 11.0. The second kappa shape index (κ2) is 10.4. The Kier molecular flexibility index (Phi) is 8.23. The van der Waals surface area contributed by atoms with Gasteiger partial charge in [0.25, 0.3) is 5.91 Å². The lowest BCUT2D eigenvalue weighted by Crippen LogP contribution is -2.55. The van der Waals surface area contributed by atoms with Crippen LogP contribution in [0.1, 0.15) is 62.9 Å². The van der Waals surface area contributed by atoms with E-state index in [1.165, 1.54) is 0 Å². The van der Waals surface area contributed by atoms with Gasteiger partial charge in [0.1, 0.15) is 6.04 Å². The molecule has 2 rings (SSSR count). The number of nitrogens with zero attached hydrogens (tertiary/aromatic N) is 1. The van der Waals surface area contributed by atoms with Gasteiger partial charge in [-0.3, -0.25) is 14.4 Å². The van der Waals surface area contributed by atoms with E-state index < -0.39 is 6.04 Å². The molecule has 6 nitrogen and oxygen atoms in total. The van der Waals surface area contributed by atoms with E-state index in [4.69, 9.17) is 0 Å². The van der Waals surface area contributed by atoms with Crippen LogP contribution in [-0.2, 0) is 9.59 Å². The molecule has 160 valence electrons. The molecule has 0 spiro atoms. The standard InChI is InChI=1S/C23H35N3O3/c1-6-17(5)24-22(28)20(25-21(27)19-9-7-8-16(4)14-19)18-10-12-26(13-11-18)23(29)15(2)3/h7-9,14-15,17-18,20H,6,10-13H2,1-5H3,(H,24,28)(H,25,27)/t17-,20+/m0/s1. The molecule has 0 aromatic heterocycles. The zero-order valence-electron chi connectivity index (χ0n) is 18.3. The molecule has 1 aromatic rings. The van der Waals surface area contributed by atoms with Crippen molar-refractivity contribution in [1.82, 2.24) is 15.5 Å². The van der Waals surface area contributed by atoms with Crippen LogP contribution in [0.3, 0.4) is 0 Å². The zero-order valence-corrected chi connectivity index (χ0v) is 18.3. The second-order valence-corrected chi connectivity index (χ2v) is 8.46. The van der Waals surface area contributed by atoms with Crippen LogP contribution in [-0.4, -0.2) is 47.8 Å². The number of carbonyl (C=O) groups excluding carboxylic acids is 3. The monoisotopic (exact) mass is 401 g/mol. The molecule has 0 saturated carbocycles. The molecule has 3 amide bonds. The fourth-order valence-electron chi connectivity index (χ4n) is 3.66. The average Bonchev–Trinajstić information content (AvgIpc) is 2.71. The Morgan fingerprint density at radius 1 is 1.10 bits per heavy atom. The molecular formula is C23H35N3O3. The Morgan fingerprint density at radius 3 is 2.31 bits per heavy atom. The fourth-order valence-corrected chi connectivity index (χ4v) is 3.66. The quantitative estimate of drug-likeness (QED) is 0.737. The third-order valence-electron chi connectivity index (χ3n) is 5.67. The van der Waals surface area contributed by atoms with Crippen LogP contribution in [0.4, 0.5) is 0 Å². The van der Waals surface area contributed by atoms with Crippen molar-refractivity contribution in [1.29, 1.82) is 0 Å². The highest BCUT2D eigenvalue weighted by Gasteiger charge is 2.34. The van der Waals surface area contributed by atoms with Crippen LogP contribution in [0.15, 0.2) is 24.3 Å². The van der Waals surface area contributed by atoms with E-state index in [0.717, 1.165) is 12.0 Å². The largest absolute Gasteiger partial charge is 0.352 e. The molecule has 2 atom stereocenters. The van der Waals surface area contributed by atoms with Crippen molar-refractivity contribution in [2.45, 2.75) is 66.0 Å². The number of nitrogens with one attached hydrogen (secondary N) is 2. The molecule has 2 N–H and O–H groups in total. The Balaban J connectivity index is 2.12. The van der Waals surface area contributed by atoms with Crippen LogP contribution in [0.2, 0.25) is 0 Å². The van der Waals surface area contributed by atoms with Crippen molar-refractivity contribution >= 4 is 17.7 Å². The summed E-state index contributed by atoms with van der Waals surface area (Å²) in [5.74, 6) is -0.262. The summed E-state index contributed by atoms with van der Waals surface area (Å²) >= 11 is 0. The zero-order chi connectivity index (χ0) is 21.6. The van der Waals surface area contributed by atoms with Gasteiger partial charge in [0.2, 0.25) is 11.8 Å². The Labute approximate surface area is 174 Å². The number of piperidine rings is 1. The number of aryl methyl sites for hydroxylation is 1. The van der Waals surface area contributed by atoms with Crippen molar-refractivity contribution in [2.75, 3.05) is 13.1 Å². The fraction of sp³-hybridized carbons (Fsp3) is 0.609. The normalized spacial score (nSPS) is 17.0. The van der Waals surface area contributed by atoms with Gasteiger partial charge >= 0.3 is 0 Å². The van der Waals surface area contributed by atoms with E-state index in [1.54, 1.807) is 6.07 Å². The first-order chi connectivity index (χ1) is 13.7. The molecule has 1 aliphatic heterocycles. The lowest BCUT2D eigenvalue weighted by atomic mass is 9.88. The maximum Gasteiger partial charge on any atom is 0.251 e. The van der Waals surface area contributed by atoms with E-state index in [2.05, 4.69) is 10.6 Å². The third kappa shape index (κ3) is 6.31. The molecule has 0 bridgehead atoms. The molecule has 0 radical (unpaired) electrons.